The summed E-state index contributed by atoms with van der Waals surface area (Å²) < 4.78 is 32.9. The first-order valence-corrected chi connectivity index (χ1v) is 10.6. The average molecular weight is 431 g/mol. The number of imide groups is 1. The number of primary amides is 1. The summed E-state index contributed by atoms with van der Waals surface area (Å²) in [5, 5.41) is 1.81. The minimum atomic E-state index is -3.93. The van der Waals surface area contributed by atoms with Crippen LogP contribution in [-0.4, -0.2) is 38.5 Å². The van der Waals surface area contributed by atoms with Gasteiger partial charge in [-0.05, 0) is 50.1 Å². The predicted octanol–water partition coefficient (Wildman–Crippen LogP) is 1.57. The zero-order valence-electron chi connectivity index (χ0n) is 16.4. The summed E-state index contributed by atoms with van der Waals surface area (Å²) in [6.45, 7) is 3.08. The number of hydrogen-bond donors (Lipinski definition) is 2. The number of para-hydroxylation sites is 1. The molecule has 3 amide bonds. The smallest absolute Gasteiger partial charge is 0.338 e. The number of nitrogens with one attached hydrogen (secondary N) is 1. The molecule has 0 bridgehead atoms. The highest BCUT2D eigenvalue weighted by Gasteiger charge is 2.36. The van der Waals surface area contributed by atoms with Gasteiger partial charge in [-0.15, -0.1) is 0 Å². The van der Waals surface area contributed by atoms with Gasteiger partial charge in [-0.2, -0.15) is 0 Å². The second-order valence-corrected chi connectivity index (χ2v) is 8.73. The van der Waals surface area contributed by atoms with E-state index < -0.39 is 34.0 Å². The summed E-state index contributed by atoms with van der Waals surface area (Å²) in [6, 6.07) is 11.3. The van der Waals surface area contributed by atoms with Gasteiger partial charge in [-0.1, -0.05) is 24.3 Å². The summed E-state index contributed by atoms with van der Waals surface area (Å²) in [5.41, 5.74) is 6.35. The minimum Gasteiger partial charge on any atom is -0.449 e. The van der Waals surface area contributed by atoms with Crippen molar-refractivity contribution >= 4 is 33.6 Å². The molecule has 1 aliphatic rings. The van der Waals surface area contributed by atoms with Crippen molar-refractivity contribution in [2.75, 3.05) is 4.31 Å². The lowest BCUT2D eigenvalue weighted by molar-refractivity contribution is -0.127. The number of amides is 3. The van der Waals surface area contributed by atoms with E-state index in [-0.39, 0.29) is 16.5 Å². The van der Waals surface area contributed by atoms with Crippen molar-refractivity contribution in [1.29, 1.82) is 0 Å². The van der Waals surface area contributed by atoms with E-state index >= 15 is 0 Å². The molecule has 0 fully saturated rings. The summed E-state index contributed by atoms with van der Waals surface area (Å²) in [4.78, 5) is 34.7. The van der Waals surface area contributed by atoms with Crippen molar-refractivity contribution in [2.24, 2.45) is 5.73 Å². The summed E-state index contributed by atoms with van der Waals surface area (Å²) in [5.74, 6) is -1.80. The normalized spacial score (nSPS) is 16.5. The summed E-state index contributed by atoms with van der Waals surface area (Å²) in [7, 11) is -3.93. The van der Waals surface area contributed by atoms with Gasteiger partial charge in [-0.25, -0.2) is 18.0 Å². The van der Waals surface area contributed by atoms with Crippen LogP contribution in [0.25, 0.3) is 0 Å². The quantitative estimate of drug-likeness (QED) is 0.690. The van der Waals surface area contributed by atoms with Gasteiger partial charge in [0.1, 0.15) is 0 Å². The second-order valence-electron chi connectivity index (χ2n) is 6.91. The number of carbonyl (C=O) groups excluding carboxylic acids is 3. The molecular weight excluding hydrogens is 410 g/mol. The van der Waals surface area contributed by atoms with E-state index in [1.54, 1.807) is 17.4 Å². The molecule has 0 aliphatic carbocycles. The number of rotatable bonds is 5. The van der Waals surface area contributed by atoms with E-state index in [0.29, 0.717) is 12.1 Å². The van der Waals surface area contributed by atoms with Crippen LogP contribution in [0.4, 0.5) is 10.5 Å². The van der Waals surface area contributed by atoms with Gasteiger partial charge >= 0.3 is 12.0 Å². The van der Waals surface area contributed by atoms with Crippen LogP contribution in [0.1, 0.15) is 29.8 Å². The maximum atomic E-state index is 13.3. The standard InChI is InChI=1S/C20H21N3O6S/c1-12-10-14-6-3-4-9-17(14)23(12)30(27,28)16-8-5-7-15(11-16)19(25)29-13(2)18(24)22-20(21)26/h3-9,11-13H,10H2,1-2H3,(H3,21,22,24,26)/t12-,13+/m0/s1. The van der Waals surface area contributed by atoms with E-state index in [2.05, 4.69) is 0 Å². The Bertz CT molecular complexity index is 1120. The third kappa shape index (κ3) is 4.13. The number of benzene rings is 2. The molecule has 0 saturated heterocycles. The fourth-order valence-electron chi connectivity index (χ4n) is 3.31. The van der Waals surface area contributed by atoms with Crippen LogP contribution >= 0.6 is 0 Å². The van der Waals surface area contributed by atoms with Crippen LogP contribution in [0.5, 0.6) is 0 Å². The third-order valence-electron chi connectivity index (χ3n) is 4.67. The highest BCUT2D eigenvalue weighted by Crippen LogP contribution is 2.36. The third-order valence-corrected chi connectivity index (χ3v) is 6.59. The van der Waals surface area contributed by atoms with Crippen LogP contribution in [0.15, 0.2) is 53.4 Å². The van der Waals surface area contributed by atoms with Gasteiger partial charge < -0.3 is 10.5 Å². The highest BCUT2D eigenvalue weighted by atomic mass is 32.2. The first-order chi connectivity index (χ1) is 14.1. The Labute approximate surface area is 173 Å². The highest BCUT2D eigenvalue weighted by molar-refractivity contribution is 7.92. The zero-order valence-corrected chi connectivity index (χ0v) is 17.2. The minimum absolute atomic E-state index is 0.0464. The summed E-state index contributed by atoms with van der Waals surface area (Å²) >= 11 is 0. The molecule has 0 saturated carbocycles. The number of fused-ring (bicyclic) bond motifs is 1. The van der Waals surface area contributed by atoms with Gasteiger partial charge in [0, 0.05) is 6.04 Å². The lowest BCUT2D eigenvalue weighted by atomic mass is 10.1. The molecule has 0 aromatic heterocycles. The van der Waals surface area contributed by atoms with E-state index in [1.807, 2.05) is 19.1 Å². The lowest BCUT2D eigenvalue weighted by Crippen LogP contribution is -2.42. The van der Waals surface area contributed by atoms with E-state index in [4.69, 9.17) is 10.5 Å². The molecule has 0 radical (unpaired) electrons. The first-order valence-electron chi connectivity index (χ1n) is 9.15. The molecule has 0 unspecified atom stereocenters. The van der Waals surface area contributed by atoms with Crippen LogP contribution < -0.4 is 15.4 Å². The van der Waals surface area contributed by atoms with Crippen LogP contribution in [0.3, 0.4) is 0 Å². The second kappa shape index (κ2) is 8.15. The number of ether oxygens (including phenoxy) is 1. The SMILES string of the molecule is C[C@@H](OC(=O)c1cccc(S(=O)(=O)N2c3ccccc3C[C@@H]2C)c1)C(=O)NC(N)=O. The number of nitrogens with two attached hydrogens (primary N) is 1. The van der Waals surface area contributed by atoms with E-state index in [9.17, 15) is 22.8 Å². The molecular formula is C20H21N3O6S. The Kier molecular flexibility index (Phi) is 5.79. The Hall–Kier alpha value is -3.40. The van der Waals surface area contributed by atoms with E-state index in [1.165, 1.54) is 35.5 Å². The zero-order chi connectivity index (χ0) is 22.1. The maximum absolute atomic E-state index is 13.3. The Balaban J connectivity index is 1.85. The van der Waals surface area contributed by atoms with Gasteiger partial charge in [0.25, 0.3) is 15.9 Å². The molecule has 10 heteroatoms. The number of sulfonamides is 1. The Morgan fingerprint density at radius 1 is 1.17 bits per heavy atom. The number of nitrogens with zero attached hydrogens (tertiary/aromatic N) is 1. The number of carbonyl (C=O) groups is 3. The molecule has 2 aromatic rings. The van der Waals surface area contributed by atoms with Gasteiger partial charge in [-0.3, -0.25) is 14.4 Å². The molecule has 1 heterocycles. The van der Waals surface area contributed by atoms with Crippen molar-refractivity contribution < 1.29 is 27.5 Å². The molecule has 158 valence electrons. The molecule has 2 aromatic carbocycles. The molecule has 9 nitrogen and oxygen atoms in total. The number of urea groups is 1. The van der Waals surface area contributed by atoms with Crippen molar-refractivity contribution in [1.82, 2.24) is 5.32 Å². The number of anilines is 1. The fourth-order valence-corrected chi connectivity index (χ4v) is 5.04. The topological polar surface area (TPSA) is 136 Å². The Morgan fingerprint density at radius 3 is 2.57 bits per heavy atom. The van der Waals surface area contributed by atoms with Crippen LogP contribution in [0, 0.1) is 0 Å². The summed E-state index contributed by atoms with van der Waals surface area (Å²) in [6.07, 6.45) is -0.709. The molecule has 2 atom stereocenters. The molecule has 3 N–H and O–H groups in total. The molecule has 3 rings (SSSR count). The number of esters is 1. The molecule has 30 heavy (non-hydrogen) atoms. The molecule has 1 aliphatic heterocycles. The van der Waals surface area contributed by atoms with E-state index in [0.717, 1.165) is 5.56 Å². The maximum Gasteiger partial charge on any atom is 0.338 e. The predicted molar refractivity (Wildman–Crippen MR) is 108 cm³/mol. The average Bonchev–Trinajstić information content (AvgIpc) is 3.03. The van der Waals surface area contributed by atoms with Crippen LogP contribution in [0.2, 0.25) is 0 Å². The Morgan fingerprint density at radius 2 is 1.87 bits per heavy atom. The fraction of sp³-hybridized carbons (Fsp3) is 0.250. The number of hydrogen-bond acceptors (Lipinski definition) is 6. The monoisotopic (exact) mass is 431 g/mol. The van der Waals surface area contributed by atoms with Gasteiger partial charge in [0.2, 0.25) is 0 Å². The van der Waals surface area contributed by atoms with Crippen molar-refractivity contribution in [3.63, 3.8) is 0 Å². The lowest BCUT2D eigenvalue weighted by Gasteiger charge is -2.24. The molecule has 0 spiro atoms. The van der Waals surface area contributed by atoms with Crippen molar-refractivity contribution in [3.05, 3.63) is 59.7 Å². The van der Waals surface area contributed by atoms with Crippen LogP contribution in [-0.2, 0) is 26.0 Å². The van der Waals surface area contributed by atoms with Crippen molar-refractivity contribution in [3.8, 4) is 0 Å². The van der Waals surface area contributed by atoms with Gasteiger partial charge in [0.15, 0.2) is 6.10 Å². The van der Waals surface area contributed by atoms with Crippen molar-refractivity contribution in [2.45, 2.75) is 37.3 Å². The largest absolute Gasteiger partial charge is 0.449 e. The first kappa shape index (κ1) is 21.3. The van der Waals surface area contributed by atoms with Gasteiger partial charge in [0.05, 0.1) is 16.1 Å².